The average molecular weight is 214 g/mol. The Morgan fingerprint density at radius 1 is 1.27 bits per heavy atom. The molecular weight excluding hydrogens is 188 g/mol. The van der Waals surface area contributed by atoms with Crippen molar-refractivity contribution in [3.8, 4) is 0 Å². The van der Waals surface area contributed by atoms with Crippen LogP contribution >= 0.6 is 0 Å². The van der Waals surface area contributed by atoms with Crippen LogP contribution in [0.15, 0.2) is 0 Å². The maximum absolute atomic E-state index is 9.54. The van der Waals surface area contributed by atoms with E-state index in [1.165, 1.54) is 12.8 Å². The van der Waals surface area contributed by atoms with E-state index in [0.717, 1.165) is 13.0 Å². The van der Waals surface area contributed by atoms with Crippen LogP contribution in [0.25, 0.3) is 0 Å². The first-order chi connectivity index (χ1) is 7.12. The molecule has 90 valence electrons. The second-order valence-corrected chi connectivity index (χ2v) is 5.16. The summed E-state index contributed by atoms with van der Waals surface area (Å²) in [6.45, 7) is 9.89. The lowest BCUT2D eigenvalue weighted by Gasteiger charge is -2.36. The lowest BCUT2D eigenvalue weighted by atomic mass is 9.73. The third kappa shape index (κ3) is 2.36. The van der Waals surface area contributed by atoms with Gasteiger partial charge < -0.3 is 9.84 Å². The van der Waals surface area contributed by atoms with E-state index in [0.29, 0.717) is 11.8 Å². The van der Waals surface area contributed by atoms with E-state index in [9.17, 15) is 5.11 Å². The molecule has 0 aliphatic carbocycles. The lowest BCUT2D eigenvalue weighted by Crippen LogP contribution is -2.39. The van der Waals surface area contributed by atoms with Crippen molar-refractivity contribution in [1.82, 2.24) is 0 Å². The number of rotatable bonds is 5. The monoisotopic (exact) mass is 214 g/mol. The Morgan fingerprint density at radius 3 is 2.33 bits per heavy atom. The van der Waals surface area contributed by atoms with Crippen LogP contribution < -0.4 is 0 Å². The first kappa shape index (κ1) is 13.0. The van der Waals surface area contributed by atoms with E-state index < -0.39 is 0 Å². The zero-order valence-corrected chi connectivity index (χ0v) is 10.6. The Labute approximate surface area is 94.0 Å². The van der Waals surface area contributed by atoms with Crippen LogP contribution in [0.1, 0.15) is 47.0 Å². The maximum atomic E-state index is 9.54. The fourth-order valence-electron chi connectivity index (χ4n) is 2.81. The molecule has 2 heteroatoms. The molecule has 0 saturated carbocycles. The molecule has 0 bridgehead atoms. The van der Waals surface area contributed by atoms with Crippen molar-refractivity contribution in [2.24, 2.45) is 17.3 Å². The van der Waals surface area contributed by atoms with Crippen LogP contribution in [-0.4, -0.2) is 24.4 Å². The Kier molecular flexibility index (Phi) is 4.60. The number of hydrogen-bond donors (Lipinski definition) is 1. The third-order valence-electron chi connectivity index (χ3n) is 4.34. The first-order valence-electron chi connectivity index (χ1n) is 6.35. The number of ether oxygens (including phenoxy) is 1. The summed E-state index contributed by atoms with van der Waals surface area (Å²) in [5.74, 6) is 1.32. The molecule has 0 aromatic carbocycles. The fraction of sp³-hybridized carbons (Fsp3) is 1.00. The molecule has 1 N–H and O–H groups in total. The molecule has 0 spiro atoms. The molecule has 0 aromatic rings. The summed E-state index contributed by atoms with van der Waals surface area (Å²) in [5.41, 5.74) is -0.0510. The van der Waals surface area contributed by atoms with Crippen LogP contribution in [0.3, 0.4) is 0 Å². The van der Waals surface area contributed by atoms with Gasteiger partial charge in [-0.3, -0.25) is 0 Å². The van der Waals surface area contributed by atoms with Gasteiger partial charge in [-0.2, -0.15) is 0 Å². The highest BCUT2D eigenvalue weighted by Crippen LogP contribution is 2.42. The fourth-order valence-corrected chi connectivity index (χ4v) is 2.81. The van der Waals surface area contributed by atoms with Gasteiger partial charge in [-0.05, 0) is 18.3 Å². The quantitative estimate of drug-likeness (QED) is 0.762. The summed E-state index contributed by atoms with van der Waals surface area (Å²) in [7, 11) is 0. The van der Waals surface area contributed by atoms with Crippen molar-refractivity contribution in [3.63, 3.8) is 0 Å². The molecular formula is C13H26O2. The minimum absolute atomic E-state index is 0.0510. The molecule has 4 atom stereocenters. The summed E-state index contributed by atoms with van der Waals surface area (Å²) in [6, 6.07) is 0. The maximum Gasteiger partial charge on any atom is 0.0682 e. The third-order valence-corrected chi connectivity index (χ3v) is 4.34. The van der Waals surface area contributed by atoms with Gasteiger partial charge in [0.25, 0.3) is 0 Å². The van der Waals surface area contributed by atoms with Crippen LogP contribution in [0, 0.1) is 17.3 Å². The van der Waals surface area contributed by atoms with Gasteiger partial charge in [-0.1, -0.05) is 40.5 Å². The molecule has 2 nitrogen and oxygen atoms in total. The summed E-state index contributed by atoms with van der Waals surface area (Å²) in [4.78, 5) is 0. The molecule has 1 saturated heterocycles. The van der Waals surface area contributed by atoms with Crippen molar-refractivity contribution < 1.29 is 9.84 Å². The number of aliphatic hydroxyl groups is 1. The Hall–Kier alpha value is -0.0800. The van der Waals surface area contributed by atoms with Crippen LogP contribution in [-0.2, 0) is 4.74 Å². The summed E-state index contributed by atoms with van der Waals surface area (Å²) in [5, 5.41) is 9.54. The zero-order chi connectivity index (χ0) is 11.5. The highest BCUT2D eigenvalue weighted by atomic mass is 16.5. The Balaban J connectivity index is 2.77. The van der Waals surface area contributed by atoms with Crippen molar-refractivity contribution in [1.29, 1.82) is 0 Å². The average Bonchev–Trinajstić information content (AvgIpc) is 2.71. The van der Waals surface area contributed by atoms with Gasteiger partial charge in [0, 0.05) is 5.41 Å². The first-order valence-corrected chi connectivity index (χ1v) is 6.35. The smallest absolute Gasteiger partial charge is 0.0682 e. The molecule has 1 aliphatic heterocycles. The second kappa shape index (κ2) is 5.31. The van der Waals surface area contributed by atoms with E-state index in [2.05, 4.69) is 27.7 Å². The molecule has 1 rings (SSSR count). The topological polar surface area (TPSA) is 29.5 Å². The molecule has 15 heavy (non-hydrogen) atoms. The number of aliphatic hydroxyl groups excluding tert-OH is 1. The van der Waals surface area contributed by atoms with Gasteiger partial charge in [-0.15, -0.1) is 0 Å². The zero-order valence-electron chi connectivity index (χ0n) is 10.6. The van der Waals surface area contributed by atoms with Gasteiger partial charge in [0.15, 0.2) is 0 Å². The standard InChI is InChI=1S/C13H26O2/c1-5-10-8-15-12(11(10)6-2)13(4,7-3)9-14/h10-12,14H,5-9H2,1-4H3. The van der Waals surface area contributed by atoms with Crippen molar-refractivity contribution in [3.05, 3.63) is 0 Å². The molecule has 1 fully saturated rings. The summed E-state index contributed by atoms with van der Waals surface area (Å²) >= 11 is 0. The minimum Gasteiger partial charge on any atom is -0.396 e. The highest BCUT2D eigenvalue weighted by molar-refractivity contribution is 4.92. The molecule has 4 unspecified atom stereocenters. The van der Waals surface area contributed by atoms with E-state index in [1.54, 1.807) is 0 Å². The van der Waals surface area contributed by atoms with Gasteiger partial charge in [-0.25, -0.2) is 0 Å². The Bertz CT molecular complexity index is 187. The van der Waals surface area contributed by atoms with E-state index in [1.807, 2.05) is 0 Å². The molecule has 1 aliphatic rings. The molecule has 1 heterocycles. The highest BCUT2D eigenvalue weighted by Gasteiger charge is 2.44. The van der Waals surface area contributed by atoms with Gasteiger partial charge in [0.1, 0.15) is 0 Å². The van der Waals surface area contributed by atoms with Gasteiger partial charge in [0.2, 0.25) is 0 Å². The van der Waals surface area contributed by atoms with Crippen molar-refractivity contribution in [2.75, 3.05) is 13.2 Å². The second-order valence-electron chi connectivity index (χ2n) is 5.16. The number of hydrogen-bond acceptors (Lipinski definition) is 2. The molecule has 0 aromatic heterocycles. The van der Waals surface area contributed by atoms with E-state index >= 15 is 0 Å². The van der Waals surface area contributed by atoms with Crippen LogP contribution in [0.5, 0.6) is 0 Å². The normalized spacial score (nSPS) is 35.4. The van der Waals surface area contributed by atoms with Crippen LogP contribution in [0.2, 0.25) is 0 Å². The molecule has 0 amide bonds. The Morgan fingerprint density at radius 2 is 1.93 bits per heavy atom. The van der Waals surface area contributed by atoms with E-state index in [4.69, 9.17) is 4.74 Å². The van der Waals surface area contributed by atoms with Crippen LogP contribution in [0.4, 0.5) is 0 Å². The van der Waals surface area contributed by atoms with E-state index in [-0.39, 0.29) is 18.1 Å². The van der Waals surface area contributed by atoms with Crippen molar-refractivity contribution in [2.45, 2.75) is 53.1 Å². The lowest BCUT2D eigenvalue weighted by molar-refractivity contribution is -0.0442. The largest absolute Gasteiger partial charge is 0.396 e. The SMILES string of the molecule is CCC1COC(C(C)(CC)CO)C1CC. The predicted molar refractivity (Wildman–Crippen MR) is 62.8 cm³/mol. The molecule has 0 radical (unpaired) electrons. The summed E-state index contributed by atoms with van der Waals surface area (Å²) < 4.78 is 5.95. The van der Waals surface area contributed by atoms with Crippen molar-refractivity contribution >= 4 is 0 Å². The summed E-state index contributed by atoms with van der Waals surface area (Å²) in [6.07, 6.45) is 3.60. The minimum atomic E-state index is -0.0510. The van der Waals surface area contributed by atoms with Gasteiger partial charge in [0.05, 0.1) is 19.3 Å². The van der Waals surface area contributed by atoms with Gasteiger partial charge >= 0.3 is 0 Å². The predicted octanol–water partition coefficient (Wildman–Crippen LogP) is 2.85.